The van der Waals surface area contributed by atoms with Crippen LogP contribution in [0.15, 0.2) is 65.6 Å². The van der Waals surface area contributed by atoms with Crippen molar-refractivity contribution in [2.45, 2.75) is 37.2 Å². The molecule has 7 heteroatoms. The molecule has 2 aromatic carbocycles. The summed E-state index contributed by atoms with van der Waals surface area (Å²) in [6.07, 6.45) is 2.48. The van der Waals surface area contributed by atoms with Gasteiger partial charge < -0.3 is 21.0 Å². The van der Waals surface area contributed by atoms with Gasteiger partial charge in [0.25, 0.3) is 5.91 Å². The van der Waals surface area contributed by atoms with Gasteiger partial charge in [-0.3, -0.25) is 9.00 Å². The summed E-state index contributed by atoms with van der Waals surface area (Å²) >= 11 is 0. The van der Waals surface area contributed by atoms with E-state index in [1.54, 1.807) is 36.6 Å². The number of quaternary nitrogens is 1. The Kier molecular flexibility index (Phi) is 10.1. The molecule has 0 radical (unpaired) electrons. The first-order valence-electron chi connectivity index (χ1n) is 9.05. The molecule has 2 rings (SSSR count). The van der Waals surface area contributed by atoms with Crippen molar-refractivity contribution in [3.63, 3.8) is 0 Å². The Morgan fingerprint density at radius 1 is 1.07 bits per heavy atom. The Bertz CT molecular complexity index is 768. The van der Waals surface area contributed by atoms with Crippen LogP contribution in [0.4, 0.5) is 0 Å². The highest BCUT2D eigenvalue weighted by Crippen LogP contribution is 2.13. The van der Waals surface area contributed by atoms with E-state index in [1.807, 2.05) is 44.2 Å². The molecule has 0 saturated carbocycles. The third kappa shape index (κ3) is 7.62. The van der Waals surface area contributed by atoms with E-state index < -0.39 is 28.9 Å². The second-order valence-electron chi connectivity index (χ2n) is 6.43. The zero-order valence-electron chi connectivity index (χ0n) is 16.5. The fraction of sp³-hybridized carbons (Fsp3) is 0.333. The first-order chi connectivity index (χ1) is 13.3. The number of hydrogen-bond acceptors (Lipinski definition) is 4. The van der Waals surface area contributed by atoms with E-state index in [-0.39, 0.29) is 11.8 Å². The van der Waals surface area contributed by atoms with Gasteiger partial charge in [-0.2, -0.15) is 0 Å². The van der Waals surface area contributed by atoms with Crippen LogP contribution in [0, 0.1) is 5.92 Å². The van der Waals surface area contributed by atoms with Gasteiger partial charge in [-0.25, -0.2) is 0 Å². The lowest BCUT2D eigenvalue weighted by Crippen LogP contribution is -2.70. The van der Waals surface area contributed by atoms with Crippen molar-refractivity contribution in [2.24, 2.45) is 5.92 Å². The smallest absolute Gasteiger partial charge is 0.279 e. The molecule has 4 N–H and O–H groups in total. The molecule has 0 spiro atoms. The van der Waals surface area contributed by atoms with Crippen molar-refractivity contribution in [2.75, 3.05) is 6.26 Å². The third-order valence-corrected chi connectivity index (χ3v) is 5.33. The highest BCUT2D eigenvalue weighted by Gasteiger charge is 2.26. The highest BCUT2D eigenvalue weighted by atomic mass is 32.2. The van der Waals surface area contributed by atoms with Gasteiger partial charge in [0, 0.05) is 27.9 Å². The molecule has 0 bridgehead atoms. The third-order valence-electron chi connectivity index (χ3n) is 4.40. The monoisotopic (exact) mass is 404 g/mol. The van der Waals surface area contributed by atoms with E-state index in [9.17, 15) is 18.9 Å². The lowest BCUT2D eigenvalue weighted by atomic mass is 9.98. The summed E-state index contributed by atoms with van der Waals surface area (Å²) < 4.78 is 10.8. The Balaban J connectivity index is 0.000000362. The molecule has 0 aliphatic carbocycles. The number of amides is 1. The van der Waals surface area contributed by atoms with Gasteiger partial charge in [-0.1, -0.05) is 62.4 Å². The Hall–Kier alpha value is -2.51. The molecular weight excluding hydrogens is 376 g/mol. The van der Waals surface area contributed by atoms with Gasteiger partial charge in [-0.15, -0.1) is 0 Å². The van der Waals surface area contributed by atoms with Crippen LogP contribution in [0.25, 0.3) is 0 Å². The number of rotatable bonds is 7. The largest absolute Gasteiger partial charge is 0.548 e. The zero-order chi connectivity index (χ0) is 21.1. The van der Waals surface area contributed by atoms with E-state index in [0.717, 1.165) is 11.3 Å². The molecule has 4 atom stereocenters. The normalized spacial score (nSPS) is 14.6. The predicted molar refractivity (Wildman–Crippen MR) is 107 cm³/mol. The van der Waals surface area contributed by atoms with Gasteiger partial charge in [0.1, 0.15) is 0 Å². The average molecular weight is 405 g/mol. The summed E-state index contributed by atoms with van der Waals surface area (Å²) in [6, 6.07) is 16.3. The van der Waals surface area contributed by atoms with E-state index in [0.29, 0.717) is 5.56 Å². The Morgan fingerprint density at radius 2 is 1.57 bits per heavy atom. The molecule has 28 heavy (non-hydrogen) atoms. The van der Waals surface area contributed by atoms with Gasteiger partial charge in [0.2, 0.25) is 0 Å². The number of carbonyl (C=O) groups is 2. The first-order valence-corrected chi connectivity index (χ1v) is 10.6. The van der Waals surface area contributed by atoms with Crippen molar-refractivity contribution in [3.8, 4) is 0 Å². The average Bonchev–Trinajstić information content (AvgIpc) is 2.72. The number of carbonyl (C=O) groups excluding carboxylic acids is 2. The van der Waals surface area contributed by atoms with E-state index in [4.69, 9.17) is 0 Å². The summed E-state index contributed by atoms with van der Waals surface area (Å²) in [6.45, 7) is 3.87. The quantitative estimate of drug-likeness (QED) is 0.706. The standard InChI is InChI=1S/C14H20N2O3.C7H8OS/c1-3-9(2)11(15)13(17)16-12(14(18)19)10-7-5-4-6-8-10;1-9(8)7-5-3-2-4-6-7/h4-9,11-12H,3,15H2,1-2H3,(H,16,17)(H,18,19);2-6H,1H3/t9-,11-,12-;9-/m00/s1. The number of nitrogens with one attached hydrogen (secondary N) is 1. The van der Waals surface area contributed by atoms with Gasteiger partial charge in [-0.05, 0) is 24.1 Å². The molecule has 0 unspecified atom stereocenters. The maximum Gasteiger partial charge on any atom is 0.279 e. The second kappa shape index (κ2) is 12.0. The summed E-state index contributed by atoms with van der Waals surface area (Å²) in [5, 5.41) is 13.6. The molecule has 2 aromatic rings. The molecule has 0 saturated heterocycles. The van der Waals surface area contributed by atoms with Crippen molar-refractivity contribution in [1.29, 1.82) is 0 Å². The molecule has 0 fully saturated rings. The van der Waals surface area contributed by atoms with E-state index >= 15 is 0 Å². The maximum absolute atomic E-state index is 12.0. The Labute approximate surface area is 168 Å². The zero-order valence-corrected chi connectivity index (χ0v) is 17.3. The molecule has 0 heterocycles. The van der Waals surface area contributed by atoms with Crippen LogP contribution < -0.4 is 16.2 Å². The minimum absolute atomic E-state index is 0.0955. The Morgan fingerprint density at radius 3 is 1.96 bits per heavy atom. The van der Waals surface area contributed by atoms with Crippen LogP contribution in [0.5, 0.6) is 0 Å². The van der Waals surface area contributed by atoms with E-state index in [1.165, 1.54) is 0 Å². The van der Waals surface area contributed by atoms with E-state index in [2.05, 4.69) is 11.1 Å². The van der Waals surface area contributed by atoms with Crippen molar-refractivity contribution < 1.29 is 24.6 Å². The van der Waals surface area contributed by atoms with Crippen LogP contribution >= 0.6 is 0 Å². The molecule has 0 aromatic heterocycles. The molecule has 0 aliphatic rings. The molecule has 152 valence electrons. The first kappa shape index (κ1) is 23.5. The lowest BCUT2D eigenvalue weighted by molar-refractivity contribution is -0.415. The number of carboxylic acid groups (broad SMARTS) is 1. The van der Waals surface area contributed by atoms with Gasteiger partial charge in [0.05, 0.1) is 12.0 Å². The summed E-state index contributed by atoms with van der Waals surface area (Å²) in [5.74, 6) is -1.60. The molecule has 6 nitrogen and oxygen atoms in total. The number of benzene rings is 2. The molecular formula is C21H28N2O4S. The fourth-order valence-corrected chi connectivity index (χ4v) is 2.87. The summed E-state index contributed by atoms with van der Waals surface area (Å²) in [4.78, 5) is 24.0. The van der Waals surface area contributed by atoms with Crippen molar-refractivity contribution in [1.82, 2.24) is 5.32 Å². The SMILES string of the molecule is CC[C@H](C)[C@H]([NH3+])C(=O)N[C@H](C(=O)[O-])c1ccccc1.C[S@](=O)c1ccccc1. The summed E-state index contributed by atoms with van der Waals surface area (Å²) in [7, 11) is -0.829. The van der Waals surface area contributed by atoms with Crippen LogP contribution in [-0.2, 0) is 20.4 Å². The van der Waals surface area contributed by atoms with Gasteiger partial charge in [0.15, 0.2) is 6.04 Å². The van der Waals surface area contributed by atoms with Crippen LogP contribution in [0.1, 0.15) is 31.9 Å². The number of aliphatic carboxylic acids is 1. The van der Waals surface area contributed by atoms with Crippen LogP contribution in [-0.4, -0.2) is 28.4 Å². The highest BCUT2D eigenvalue weighted by molar-refractivity contribution is 7.84. The topological polar surface area (TPSA) is 114 Å². The van der Waals surface area contributed by atoms with Crippen molar-refractivity contribution >= 4 is 22.7 Å². The fourth-order valence-electron chi connectivity index (χ4n) is 2.33. The minimum atomic E-state index is -1.32. The second-order valence-corrected chi connectivity index (χ2v) is 7.81. The van der Waals surface area contributed by atoms with Crippen molar-refractivity contribution in [3.05, 3.63) is 66.2 Å². The maximum atomic E-state index is 12.0. The molecule has 0 aliphatic heterocycles. The van der Waals surface area contributed by atoms with Crippen LogP contribution in [0.3, 0.4) is 0 Å². The van der Waals surface area contributed by atoms with Crippen LogP contribution in [0.2, 0.25) is 0 Å². The predicted octanol–water partition coefficient (Wildman–Crippen LogP) is 0.674. The lowest BCUT2D eigenvalue weighted by Gasteiger charge is -2.22. The van der Waals surface area contributed by atoms with Gasteiger partial charge >= 0.3 is 0 Å². The number of carboxylic acids is 1. The molecule has 1 amide bonds. The minimum Gasteiger partial charge on any atom is -0.548 e. The number of hydrogen-bond donors (Lipinski definition) is 2. The summed E-state index contributed by atoms with van der Waals surface area (Å²) in [5.41, 5.74) is 4.28.